The van der Waals surface area contributed by atoms with Crippen molar-refractivity contribution in [2.75, 3.05) is 18.9 Å². The Kier molecular flexibility index (Phi) is 5.34. The Balaban J connectivity index is 1.84. The summed E-state index contributed by atoms with van der Waals surface area (Å²) in [7, 11) is 3.75. The molecule has 2 aromatic rings. The number of hydrogen-bond acceptors (Lipinski definition) is 4. The van der Waals surface area contributed by atoms with Crippen LogP contribution in [0.15, 0.2) is 36.7 Å². The van der Waals surface area contributed by atoms with Gasteiger partial charge in [0.2, 0.25) is 5.91 Å². The largest absolute Gasteiger partial charge is 0.486 e. The van der Waals surface area contributed by atoms with Crippen molar-refractivity contribution in [1.29, 1.82) is 0 Å². The van der Waals surface area contributed by atoms with Crippen molar-refractivity contribution >= 4 is 11.6 Å². The number of amides is 1. The minimum atomic E-state index is -0.00831. The number of rotatable bonds is 7. The maximum absolute atomic E-state index is 11.6. The van der Waals surface area contributed by atoms with Gasteiger partial charge in [-0.15, -0.1) is 0 Å². The SMILES string of the molecule is CNCCC(=O)Nc1ccc(OCc2nccn2C)cc1. The molecule has 0 aliphatic rings. The van der Waals surface area contributed by atoms with Gasteiger partial charge in [-0.25, -0.2) is 4.98 Å². The van der Waals surface area contributed by atoms with Crippen molar-refractivity contribution < 1.29 is 9.53 Å². The Hall–Kier alpha value is -2.34. The summed E-state index contributed by atoms with van der Waals surface area (Å²) in [6.07, 6.45) is 4.07. The molecule has 0 spiro atoms. The average molecular weight is 288 g/mol. The van der Waals surface area contributed by atoms with Crippen LogP contribution in [0.2, 0.25) is 0 Å². The van der Waals surface area contributed by atoms with Gasteiger partial charge in [-0.05, 0) is 31.3 Å². The molecule has 0 aliphatic heterocycles. The first kappa shape index (κ1) is 15.1. The van der Waals surface area contributed by atoms with Gasteiger partial charge in [-0.2, -0.15) is 0 Å². The molecular weight excluding hydrogens is 268 g/mol. The highest BCUT2D eigenvalue weighted by Gasteiger charge is 2.03. The molecule has 0 bridgehead atoms. The van der Waals surface area contributed by atoms with Crippen LogP contribution in [0.1, 0.15) is 12.2 Å². The summed E-state index contributed by atoms with van der Waals surface area (Å²) in [4.78, 5) is 15.8. The molecule has 6 heteroatoms. The summed E-state index contributed by atoms with van der Waals surface area (Å²) in [6, 6.07) is 7.31. The number of aromatic nitrogens is 2. The van der Waals surface area contributed by atoms with Gasteiger partial charge < -0.3 is 19.9 Å². The zero-order chi connectivity index (χ0) is 15.1. The third-order valence-corrected chi connectivity index (χ3v) is 3.03. The zero-order valence-corrected chi connectivity index (χ0v) is 12.3. The van der Waals surface area contributed by atoms with E-state index < -0.39 is 0 Å². The Bertz CT molecular complexity index is 578. The van der Waals surface area contributed by atoms with Gasteiger partial charge >= 0.3 is 0 Å². The third-order valence-electron chi connectivity index (χ3n) is 3.03. The van der Waals surface area contributed by atoms with Crippen molar-refractivity contribution in [1.82, 2.24) is 14.9 Å². The lowest BCUT2D eigenvalue weighted by atomic mass is 10.3. The van der Waals surface area contributed by atoms with E-state index in [-0.39, 0.29) is 5.91 Å². The highest BCUT2D eigenvalue weighted by Crippen LogP contribution is 2.16. The first-order chi connectivity index (χ1) is 10.2. The van der Waals surface area contributed by atoms with Gasteiger partial charge in [0.05, 0.1) is 0 Å². The number of carbonyl (C=O) groups is 1. The Labute approximate surface area is 124 Å². The molecule has 112 valence electrons. The lowest BCUT2D eigenvalue weighted by molar-refractivity contribution is -0.116. The van der Waals surface area contributed by atoms with Gasteiger partial charge in [0.25, 0.3) is 0 Å². The number of ether oxygens (including phenoxy) is 1. The number of carbonyl (C=O) groups excluding carboxylic acids is 1. The van der Waals surface area contributed by atoms with E-state index in [9.17, 15) is 4.79 Å². The molecule has 2 N–H and O–H groups in total. The molecule has 2 rings (SSSR count). The van der Waals surface area contributed by atoms with Crippen molar-refractivity contribution in [2.45, 2.75) is 13.0 Å². The van der Waals surface area contributed by atoms with E-state index >= 15 is 0 Å². The molecule has 0 atom stereocenters. The minimum Gasteiger partial charge on any atom is -0.486 e. The van der Waals surface area contributed by atoms with E-state index in [1.807, 2.05) is 49.1 Å². The van der Waals surface area contributed by atoms with Gasteiger partial charge in [0.1, 0.15) is 18.2 Å². The fourth-order valence-electron chi connectivity index (χ4n) is 1.78. The highest BCUT2D eigenvalue weighted by atomic mass is 16.5. The van der Waals surface area contributed by atoms with Crippen LogP contribution in [0.5, 0.6) is 5.75 Å². The van der Waals surface area contributed by atoms with E-state index in [1.165, 1.54) is 0 Å². The monoisotopic (exact) mass is 288 g/mol. The van der Waals surface area contributed by atoms with Gasteiger partial charge in [0.15, 0.2) is 0 Å². The molecule has 0 saturated carbocycles. The summed E-state index contributed by atoms with van der Waals surface area (Å²) in [5.41, 5.74) is 0.764. The van der Waals surface area contributed by atoms with Gasteiger partial charge in [-0.3, -0.25) is 4.79 Å². The smallest absolute Gasteiger partial charge is 0.225 e. The lowest BCUT2D eigenvalue weighted by Crippen LogP contribution is -2.18. The highest BCUT2D eigenvalue weighted by molar-refractivity contribution is 5.90. The molecule has 0 aliphatic carbocycles. The molecular formula is C15H20N4O2. The quantitative estimate of drug-likeness (QED) is 0.811. The first-order valence-electron chi connectivity index (χ1n) is 6.82. The molecule has 0 fully saturated rings. The van der Waals surface area contributed by atoms with E-state index in [2.05, 4.69) is 15.6 Å². The predicted octanol–water partition coefficient (Wildman–Crippen LogP) is 1.55. The number of nitrogens with zero attached hydrogens (tertiary/aromatic N) is 2. The van der Waals surface area contributed by atoms with E-state index in [0.717, 1.165) is 17.3 Å². The normalized spacial score (nSPS) is 10.4. The van der Waals surface area contributed by atoms with Crippen LogP contribution in [0.3, 0.4) is 0 Å². The molecule has 6 nitrogen and oxygen atoms in total. The number of imidazole rings is 1. The molecule has 1 amide bonds. The Morgan fingerprint density at radius 1 is 1.33 bits per heavy atom. The second kappa shape index (κ2) is 7.44. The third kappa shape index (κ3) is 4.61. The lowest BCUT2D eigenvalue weighted by Gasteiger charge is -2.08. The molecule has 0 unspecified atom stereocenters. The summed E-state index contributed by atoms with van der Waals surface area (Å²) >= 11 is 0. The summed E-state index contributed by atoms with van der Waals surface area (Å²) < 4.78 is 7.56. The van der Waals surface area contributed by atoms with Crippen LogP contribution in [-0.4, -0.2) is 29.1 Å². The predicted molar refractivity (Wildman–Crippen MR) is 81.2 cm³/mol. The maximum atomic E-state index is 11.6. The number of benzene rings is 1. The molecule has 21 heavy (non-hydrogen) atoms. The second-order valence-electron chi connectivity index (χ2n) is 4.67. The van der Waals surface area contributed by atoms with Gasteiger partial charge in [-0.1, -0.05) is 0 Å². The fraction of sp³-hybridized carbons (Fsp3) is 0.333. The van der Waals surface area contributed by atoms with E-state index in [0.29, 0.717) is 19.6 Å². The number of anilines is 1. The van der Waals surface area contributed by atoms with Crippen LogP contribution >= 0.6 is 0 Å². The van der Waals surface area contributed by atoms with E-state index in [4.69, 9.17) is 4.74 Å². The Morgan fingerprint density at radius 3 is 2.71 bits per heavy atom. The molecule has 0 radical (unpaired) electrons. The zero-order valence-electron chi connectivity index (χ0n) is 12.3. The molecule has 1 aromatic carbocycles. The van der Waals surface area contributed by atoms with Crippen LogP contribution in [0, 0.1) is 0 Å². The number of aryl methyl sites for hydroxylation is 1. The maximum Gasteiger partial charge on any atom is 0.225 e. The standard InChI is InChI=1S/C15H20N4O2/c1-16-8-7-15(20)18-12-3-5-13(6-4-12)21-11-14-17-9-10-19(14)2/h3-6,9-10,16H,7-8,11H2,1-2H3,(H,18,20). The van der Waals surface area contributed by atoms with Crippen LogP contribution in [0.25, 0.3) is 0 Å². The fourth-order valence-corrected chi connectivity index (χ4v) is 1.78. The van der Waals surface area contributed by atoms with Crippen molar-refractivity contribution in [3.05, 3.63) is 42.5 Å². The number of hydrogen-bond donors (Lipinski definition) is 2. The summed E-state index contributed by atoms with van der Waals surface area (Å²) in [5, 5.41) is 5.77. The van der Waals surface area contributed by atoms with Crippen molar-refractivity contribution in [2.24, 2.45) is 7.05 Å². The number of nitrogens with one attached hydrogen (secondary N) is 2. The van der Waals surface area contributed by atoms with Crippen LogP contribution < -0.4 is 15.4 Å². The molecule has 1 aromatic heterocycles. The van der Waals surface area contributed by atoms with Crippen molar-refractivity contribution in [3.63, 3.8) is 0 Å². The minimum absolute atomic E-state index is 0.00831. The summed E-state index contributed by atoms with van der Waals surface area (Å²) in [5.74, 6) is 1.59. The van der Waals surface area contributed by atoms with Gasteiger partial charge in [0, 0.05) is 38.1 Å². The van der Waals surface area contributed by atoms with Crippen LogP contribution in [-0.2, 0) is 18.4 Å². The summed E-state index contributed by atoms with van der Waals surface area (Å²) in [6.45, 7) is 1.08. The topological polar surface area (TPSA) is 68.2 Å². The molecule has 1 heterocycles. The second-order valence-corrected chi connectivity index (χ2v) is 4.67. The average Bonchev–Trinajstić information content (AvgIpc) is 2.90. The Morgan fingerprint density at radius 2 is 2.10 bits per heavy atom. The van der Waals surface area contributed by atoms with Crippen LogP contribution in [0.4, 0.5) is 5.69 Å². The van der Waals surface area contributed by atoms with Crippen molar-refractivity contribution in [3.8, 4) is 5.75 Å². The van der Waals surface area contributed by atoms with E-state index in [1.54, 1.807) is 6.20 Å². The first-order valence-corrected chi connectivity index (χ1v) is 6.82. The molecule has 0 saturated heterocycles.